The van der Waals surface area contributed by atoms with Crippen LogP contribution in [0.1, 0.15) is 37.3 Å². The number of sulfonamides is 1. The molecule has 0 aliphatic rings. The number of carbonyl (C=O) groups excluding carboxylic acids is 1. The van der Waals surface area contributed by atoms with Crippen LogP contribution in [0.4, 0.5) is 5.69 Å². The maximum Gasteiger partial charge on any atom is 0.238 e. The summed E-state index contributed by atoms with van der Waals surface area (Å²) >= 11 is 0. The van der Waals surface area contributed by atoms with Crippen molar-refractivity contribution in [1.82, 2.24) is 0 Å². The molecule has 0 fully saturated rings. The molecule has 2 rings (SSSR count). The third kappa shape index (κ3) is 5.18. The highest BCUT2D eigenvalue weighted by atomic mass is 32.2. The van der Waals surface area contributed by atoms with Gasteiger partial charge in [-0.2, -0.15) is 0 Å². The summed E-state index contributed by atoms with van der Waals surface area (Å²) in [5, 5.41) is 7.91. The van der Waals surface area contributed by atoms with Gasteiger partial charge in [0.15, 0.2) is 0 Å². The van der Waals surface area contributed by atoms with Crippen molar-refractivity contribution in [3.05, 3.63) is 59.7 Å². The van der Waals surface area contributed by atoms with Crippen molar-refractivity contribution in [2.45, 2.75) is 37.5 Å². The van der Waals surface area contributed by atoms with E-state index in [2.05, 4.69) is 19.2 Å². The number of nitrogens with one attached hydrogen (secondary N) is 1. The summed E-state index contributed by atoms with van der Waals surface area (Å²) in [6.45, 7) is 4.24. The Bertz CT molecular complexity index is 795. The molecule has 0 radical (unpaired) electrons. The van der Waals surface area contributed by atoms with Crippen LogP contribution >= 0.6 is 0 Å². The van der Waals surface area contributed by atoms with Gasteiger partial charge in [0.1, 0.15) is 0 Å². The SMILES string of the molecule is CC(C)c1ccc(NC(=O)CCc2ccc(S(N)(=O)=O)cc2)cc1. The van der Waals surface area contributed by atoms with E-state index in [9.17, 15) is 13.2 Å². The van der Waals surface area contributed by atoms with E-state index in [0.29, 0.717) is 18.8 Å². The van der Waals surface area contributed by atoms with Crippen LogP contribution in [0.5, 0.6) is 0 Å². The number of aryl methyl sites for hydroxylation is 1. The molecule has 0 bridgehead atoms. The fourth-order valence-electron chi connectivity index (χ4n) is 2.28. The van der Waals surface area contributed by atoms with Crippen LogP contribution in [0.25, 0.3) is 0 Å². The number of amides is 1. The van der Waals surface area contributed by atoms with Crippen LogP contribution < -0.4 is 10.5 Å². The minimum absolute atomic E-state index is 0.0703. The molecule has 0 aliphatic heterocycles. The van der Waals surface area contributed by atoms with Crippen molar-refractivity contribution in [3.63, 3.8) is 0 Å². The normalized spacial score (nSPS) is 11.5. The zero-order valence-corrected chi connectivity index (χ0v) is 14.6. The fraction of sp³-hybridized carbons (Fsp3) is 0.278. The zero-order valence-electron chi connectivity index (χ0n) is 13.8. The fourth-order valence-corrected chi connectivity index (χ4v) is 2.79. The molecule has 0 saturated carbocycles. The van der Waals surface area contributed by atoms with Crippen molar-refractivity contribution < 1.29 is 13.2 Å². The smallest absolute Gasteiger partial charge is 0.238 e. The summed E-state index contributed by atoms with van der Waals surface area (Å²) in [4.78, 5) is 12.1. The van der Waals surface area contributed by atoms with Crippen molar-refractivity contribution >= 4 is 21.6 Å². The first kappa shape index (κ1) is 18.2. The molecule has 0 atom stereocenters. The van der Waals surface area contributed by atoms with Gasteiger partial charge in [0.25, 0.3) is 0 Å². The lowest BCUT2D eigenvalue weighted by Gasteiger charge is -2.08. The zero-order chi connectivity index (χ0) is 17.7. The Balaban J connectivity index is 1.89. The predicted molar refractivity (Wildman–Crippen MR) is 95.3 cm³/mol. The molecule has 0 heterocycles. The first-order chi connectivity index (χ1) is 11.3. The molecule has 0 aliphatic carbocycles. The van der Waals surface area contributed by atoms with Gasteiger partial charge in [-0.3, -0.25) is 4.79 Å². The lowest BCUT2D eigenvalue weighted by molar-refractivity contribution is -0.116. The predicted octanol–water partition coefficient (Wildman–Crippen LogP) is 3.03. The van der Waals surface area contributed by atoms with E-state index in [4.69, 9.17) is 5.14 Å². The van der Waals surface area contributed by atoms with Crippen molar-refractivity contribution in [1.29, 1.82) is 0 Å². The highest BCUT2D eigenvalue weighted by Crippen LogP contribution is 2.17. The van der Waals surface area contributed by atoms with Crippen LogP contribution in [0.2, 0.25) is 0 Å². The van der Waals surface area contributed by atoms with Gasteiger partial charge in [0.05, 0.1) is 4.90 Å². The van der Waals surface area contributed by atoms with Crippen molar-refractivity contribution in [2.75, 3.05) is 5.32 Å². The van der Waals surface area contributed by atoms with Gasteiger partial charge >= 0.3 is 0 Å². The monoisotopic (exact) mass is 346 g/mol. The van der Waals surface area contributed by atoms with E-state index in [0.717, 1.165) is 11.3 Å². The summed E-state index contributed by atoms with van der Waals surface area (Å²) in [7, 11) is -3.68. The molecule has 1 amide bonds. The molecular formula is C18H22N2O3S. The molecule has 6 heteroatoms. The van der Waals surface area contributed by atoms with E-state index in [-0.39, 0.29) is 10.8 Å². The van der Waals surface area contributed by atoms with E-state index < -0.39 is 10.0 Å². The number of anilines is 1. The number of hydrogen-bond donors (Lipinski definition) is 2. The highest BCUT2D eigenvalue weighted by molar-refractivity contribution is 7.89. The number of rotatable bonds is 6. The van der Waals surface area contributed by atoms with Crippen LogP contribution in [0.3, 0.4) is 0 Å². The summed E-state index contributed by atoms with van der Waals surface area (Å²) in [6, 6.07) is 14.1. The average Bonchev–Trinajstić information content (AvgIpc) is 2.53. The lowest BCUT2D eigenvalue weighted by atomic mass is 10.0. The van der Waals surface area contributed by atoms with E-state index in [1.807, 2.05) is 24.3 Å². The molecule has 2 aromatic carbocycles. The molecule has 3 N–H and O–H groups in total. The van der Waals surface area contributed by atoms with Gasteiger partial charge in [-0.25, -0.2) is 13.6 Å². The summed E-state index contributed by atoms with van der Waals surface area (Å²) in [5.74, 6) is 0.373. The Morgan fingerprint density at radius 3 is 2.12 bits per heavy atom. The maximum atomic E-state index is 12.0. The summed E-state index contributed by atoms with van der Waals surface area (Å²) in [6.07, 6.45) is 0.849. The summed E-state index contributed by atoms with van der Waals surface area (Å²) in [5.41, 5.74) is 2.88. The number of hydrogen-bond acceptors (Lipinski definition) is 3. The standard InChI is InChI=1S/C18H22N2O3S/c1-13(2)15-6-8-16(9-7-15)20-18(21)12-5-14-3-10-17(11-4-14)24(19,22)23/h3-4,6-11,13H,5,12H2,1-2H3,(H,20,21)(H2,19,22,23). The van der Waals surface area contributed by atoms with Crippen molar-refractivity contribution in [2.24, 2.45) is 5.14 Å². The number of nitrogens with two attached hydrogens (primary N) is 1. The van der Waals surface area contributed by atoms with Crippen LogP contribution in [0, 0.1) is 0 Å². The Labute approximate surface area is 142 Å². The van der Waals surface area contributed by atoms with E-state index in [1.54, 1.807) is 12.1 Å². The van der Waals surface area contributed by atoms with Crippen LogP contribution in [-0.2, 0) is 21.2 Å². The Morgan fingerprint density at radius 1 is 1.04 bits per heavy atom. The van der Waals surface area contributed by atoms with Crippen LogP contribution in [-0.4, -0.2) is 14.3 Å². The quantitative estimate of drug-likeness (QED) is 0.842. The van der Waals surface area contributed by atoms with Gasteiger partial charge < -0.3 is 5.32 Å². The van der Waals surface area contributed by atoms with Crippen LogP contribution in [0.15, 0.2) is 53.4 Å². The first-order valence-corrected chi connectivity index (χ1v) is 9.32. The highest BCUT2D eigenvalue weighted by Gasteiger charge is 2.08. The Morgan fingerprint density at radius 2 is 1.62 bits per heavy atom. The second kappa shape index (κ2) is 7.59. The molecule has 0 unspecified atom stereocenters. The lowest BCUT2D eigenvalue weighted by Crippen LogP contribution is -2.13. The minimum Gasteiger partial charge on any atom is -0.326 e. The first-order valence-electron chi connectivity index (χ1n) is 7.77. The van der Waals surface area contributed by atoms with Crippen molar-refractivity contribution in [3.8, 4) is 0 Å². The van der Waals surface area contributed by atoms with Gasteiger partial charge in [0.2, 0.25) is 15.9 Å². The second-order valence-corrected chi connectivity index (χ2v) is 7.58. The molecule has 24 heavy (non-hydrogen) atoms. The molecule has 2 aromatic rings. The van der Waals surface area contributed by atoms with Gasteiger partial charge in [-0.15, -0.1) is 0 Å². The topological polar surface area (TPSA) is 89.3 Å². The molecule has 0 aromatic heterocycles. The molecule has 0 saturated heterocycles. The van der Waals surface area contributed by atoms with Gasteiger partial charge in [0, 0.05) is 12.1 Å². The van der Waals surface area contributed by atoms with E-state index in [1.165, 1.54) is 17.7 Å². The maximum absolute atomic E-state index is 12.0. The summed E-state index contributed by atoms with van der Waals surface area (Å²) < 4.78 is 22.4. The average molecular weight is 346 g/mol. The number of primary sulfonamides is 1. The minimum atomic E-state index is -3.68. The molecule has 0 spiro atoms. The Hall–Kier alpha value is -2.18. The number of benzene rings is 2. The third-order valence-corrected chi connectivity index (χ3v) is 4.68. The molecular weight excluding hydrogens is 324 g/mol. The molecule has 5 nitrogen and oxygen atoms in total. The van der Waals surface area contributed by atoms with Gasteiger partial charge in [-0.05, 0) is 47.7 Å². The molecule has 128 valence electrons. The third-order valence-electron chi connectivity index (χ3n) is 3.75. The second-order valence-electron chi connectivity index (χ2n) is 6.01. The van der Waals surface area contributed by atoms with E-state index >= 15 is 0 Å². The number of carbonyl (C=O) groups is 1. The Kier molecular flexibility index (Phi) is 5.75. The largest absolute Gasteiger partial charge is 0.326 e. The van der Waals surface area contributed by atoms with Gasteiger partial charge in [-0.1, -0.05) is 38.1 Å².